The molecule has 3 rings (SSSR count). The SMILES string of the molecule is CN=C(NCCc1ccc(OC)cc1)NCc1c(O)ccc2c1CCCC2.I. The van der Waals surface area contributed by atoms with Crippen LogP contribution in [0.5, 0.6) is 11.5 Å². The van der Waals surface area contributed by atoms with Crippen LogP contribution in [-0.4, -0.2) is 31.8 Å². The second kappa shape index (κ2) is 11.1. The largest absolute Gasteiger partial charge is 0.508 e. The monoisotopic (exact) mass is 495 g/mol. The van der Waals surface area contributed by atoms with E-state index in [4.69, 9.17) is 4.74 Å². The van der Waals surface area contributed by atoms with E-state index in [1.807, 2.05) is 18.2 Å². The first kappa shape index (κ1) is 22.3. The van der Waals surface area contributed by atoms with Crippen LogP contribution in [0.25, 0.3) is 0 Å². The summed E-state index contributed by atoms with van der Waals surface area (Å²) in [5, 5.41) is 17.0. The Bertz CT molecular complexity index is 791. The fraction of sp³-hybridized carbons (Fsp3) is 0.409. The van der Waals surface area contributed by atoms with Gasteiger partial charge in [0, 0.05) is 25.7 Å². The molecule has 0 saturated heterocycles. The summed E-state index contributed by atoms with van der Waals surface area (Å²) >= 11 is 0. The molecule has 6 heteroatoms. The van der Waals surface area contributed by atoms with Gasteiger partial charge in [-0.05, 0) is 67.0 Å². The molecular weight excluding hydrogens is 465 g/mol. The number of phenolic OH excluding ortho intramolecular Hbond substituents is 1. The Morgan fingerprint density at radius 2 is 1.82 bits per heavy atom. The molecule has 0 spiro atoms. The normalized spacial score (nSPS) is 13.3. The lowest BCUT2D eigenvalue weighted by Gasteiger charge is -2.21. The van der Waals surface area contributed by atoms with Crippen LogP contribution >= 0.6 is 24.0 Å². The van der Waals surface area contributed by atoms with Gasteiger partial charge in [-0.15, -0.1) is 24.0 Å². The zero-order valence-electron chi connectivity index (χ0n) is 16.6. The van der Waals surface area contributed by atoms with Crippen molar-refractivity contribution in [2.75, 3.05) is 20.7 Å². The van der Waals surface area contributed by atoms with Crippen molar-refractivity contribution in [2.24, 2.45) is 4.99 Å². The molecule has 2 aromatic carbocycles. The number of ether oxygens (including phenoxy) is 1. The highest BCUT2D eigenvalue weighted by Crippen LogP contribution is 2.30. The molecule has 0 amide bonds. The number of fused-ring (bicyclic) bond motifs is 1. The quantitative estimate of drug-likeness (QED) is 0.324. The zero-order valence-corrected chi connectivity index (χ0v) is 19.0. The van der Waals surface area contributed by atoms with E-state index in [1.165, 1.54) is 29.5 Å². The number of benzene rings is 2. The number of methoxy groups -OCH3 is 1. The first-order chi connectivity index (χ1) is 13.2. The fourth-order valence-corrected chi connectivity index (χ4v) is 3.60. The molecule has 3 N–H and O–H groups in total. The topological polar surface area (TPSA) is 65.9 Å². The third kappa shape index (κ3) is 5.77. The molecule has 2 aromatic rings. The van der Waals surface area contributed by atoms with Crippen LogP contribution in [-0.2, 0) is 25.8 Å². The summed E-state index contributed by atoms with van der Waals surface area (Å²) in [7, 11) is 3.44. The van der Waals surface area contributed by atoms with Gasteiger partial charge in [-0.2, -0.15) is 0 Å². The summed E-state index contributed by atoms with van der Waals surface area (Å²) in [5.74, 6) is 1.99. The molecule has 152 valence electrons. The predicted molar refractivity (Wildman–Crippen MR) is 125 cm³/mol. The number of nitrogens with one attached hydrogen (secondary N) is 2. The third-order valence-corrected chi connectivity index (χ3v) is 5.15. The molecule has 5 nitrogen and oxygen atoms in total. The number of hydrogen-bond acceptors (Lipinski definition) is 3. The molecule has 0 heterocycles. The van der Waals surface area contributed by atoms with Crippen molar-refractivity contribution in [3.05, 3.63) is 58.7 Å². The number of rotatable bonds is 6. The van der Waals surface area contributed by atoms with Gasteiger partial charge in [-0.1, -0.05) is 18.2 Å². The number of halogens is 1. The molecule has 0 aromatic heterocycles. The highest BCUT2D eigenvalue weighted by molar-refractivity contribution is 14.0. The van der Waals surface area contributed by atoms with E-state index in [9.17, 15) is 5.11 Å². The average molecular weight is 495 g/mol. The number of phenols is 1. The van der Waals surface area contributed by atoms with Crippen LogP contribution in [0.2, 0.25) is 0 Å². The number of aliphatic imine (C=N–C) groups is 1. The summed E-state index contributed by atoms with van der Waals surface area (Å²) < 4.78 is 5.19. The standard InChI is InChI=1S/C22H29N3O2.HI/c1-23-22(24-14-13-16-7-10-18(27-2)11-8-16)25-15-20-19-6-4-3-5-17(19)9-12-21(20)26;/h7-12,26H,3-6,13-15H2,1-2H3,(H2,23,24,25);1H. The molecule has 0 radical (unpaired) electrons. The maximum atomic E-state index is 10.3. The van der Waals surface area contributed by atoms with Crippen molar-refractivity contribution >= 4 is 29.9 Å². The molecule has 0 fully saturated rings. The molecule has 1 aliphatic rings. The molecular formula is C22H30IN3O2. The van der Waals surface area contributed by atoms with E-state index in [2.05, 4.69) is 33.8 Å². The van der Waals surface area contributed by atoms with Crippen molar-refractivity contribution in [3.8, 4) is 11.5 Å². The lowest BCUT2D eigenvalue weighted by molar-refractivity contribution is 0.414. The number of guanidine groups is 1. The molecule has 0 unspecified atom stereocenters. The van der Waals surface area contributed by atoms with Crippen molar-refractivity contribution in [2.45, 2.75) is 38.6 Å². The van der Waals surface area contributed by atoms with E-state index in [1.54, 1.807) is 14.2 Å². The van der Waals surface area contributed by atoms with Gasteiger partial charge in [0.25, 0.3) is 0 Å². The molecule has 0 saturated carbocycles. The maximum Gasteiger partial charge on any atom is 0.191 e. The van der Waals surface area contributed by atoms with Crippen LogP contribution < -0.4 is 15.4 Å². The molecule has 0 bridgehead atoms. The Labute approximate surface area is 184 Å². The van der Waals surface area contributed by atoms with Gasteiger partial charge in [0.05, 0.1) is 7.11 Å². The predicted octanol–water partition coefficient (Wildman–Crippen LogP) is 3.81. The van der Waals surface area contributed by atoms with Gasteiger partial charge in [0.2, 0.25) is 0 Å². The highest BCUT2D eigenvalue weighted by atomic mass is 127. The lowest BCUT2D eigenvalue weighted by atomic mass is 9.88. The van der Waals surface area contributed by atoms with Gasteiger partial charge in [-0.3, -0.25) is 4.99 Å². The van der Waals surface area contributed by atoms with Crippen LogP contribution in [0.15, 0.2) is 41.4 Å². The van der Waals surface area contributed by atoms with Crippen molar-refractivity contribution in [3.63, 3.8) is 0 Å². The first-order valence-electron chi connectivity index (χ1n) is 9.61. The number of hydrogen-bond donors (Lipinski definition) is 3. The van der Waals surface area contributed by atoms with Gasteiger partial charge in [-0.25, -0.2) is 0 Å². The van der Waals surface area contributed by atoms with E-state index in [0.29, 0.717) is 12.3 Å². The minimum absolute atomic E-state index is 0. The zero-order chi connectivity index (χ0) is 19.1. The van der Waals surface area contributed by atoms with Gasteiger partial charge < -0.3 is 20.5 Å². The molecule has 1 aliphatic carbocycles. The third-order valence-electron chi connectivity index (χ3n) is 5.15. The Morgan fingerprint density at radius 1 is 1.07 bits per heavy atom. The van der Waals surface area contributed by atoms with Crippen molar-refractivity contribution < 1.29 is 9.84 Å². The van der Waals surface area contributed by atoms with Crippen molar-refractivity contribution in [1.29, 1.82) is 0 Å². The molecule has 0 atom stereocenters. The fourth-order valence-electron chi connectivity index (χ4n) is 3.60. The summed E-state index contributed by atoms with van der Waals surface area (Å²) in [5.41, 5.74) is 4.93. The van der Waals surface area contributed by atoms with Crippen LogP contribution in [0, 0.1) is 0 Å². The van der Waals surface area contributed by atoms with E-state index in [0.717, 1.165) is 43.1 Å². The van der Waals surface area contributed by atoms with E-state index >= 15 is 0 Å². The molecule has 28 heavy (non-hydrogen) atoms. The number of nitrogens with zero attached hydrogens (tertiary/aromatic N) is 1. The van der Waals surface area contributed by atoms with Gasteiger partial charge in [0.1, 0.15) is 11.5 Å². The Hall–Kier alpha value is -1.96. The van der Waals surface area contributed by atoms with Gasteiger partial charge in [0.15, 0.2) is 5.96 Å². The smallest absolute Gasteiger partial charge is 0.191 e. The van der Waals surface area contributed by atoms with E-state index < -0.39 is 0 Å². The average Bonchev–Trinajstić information content (AvgIpc) is 2.72. The van der Waals surface area contributed by atoms with Crippen LogP contribution in [0.3, 0.4) is 0 Å². The Balaban J connectivity index is 0.00000280. The van der Waals surface area contributed by atoms with E-state index in [-0.39, 0.29) is 24.0 Å². The maximum absolute atomic E-state index is 10.3. The Kier molecular flexibility index (Phi) is 8.89. The summed E-state index contributed by atoms with van der Waals surface area (Å²) in [6.45, 7) is 1.36. The highest BCUT2D eigenvalue weighted by Gasteiger charge is 2.16. The van der Waals surface area contributed by atoms with Crippen LogP contribution in [0.4, 0.5) is 0 Å². The summed E-state index contributed by atoms with van der Waals surface area (Å²) in [6.07, 6.45) is 5.48. The Morgan fingerprint density at radius 3 is 2.54 bits per heavy atom. The lowest BCUT2D eigenvalue weighted by Crippen LogP contribution is -2.38. The minimum Gasteiger partial charge on any atom is -0.508 e. The number of aromatic hydroxyl groups is 1. The summed E-state index contributed by atoms with van der Waals surface area (Å²) in [6, 6.07) is 12.0. The summed E-state index contributed by atoms with van der Waals surface area (Å²) in [4.78, 5) is 4.30. The number of aryl methyl sites for hydroxylation is 1. The second-order valence-electron chi connectivity index (χ2n) is 6.86. The first-order valence-corrected chi connectivity index (χ1v) is 9.61. The van der Waals surface area contributed by atoms with Crippen LogP contribution in [0.1, 0.15) is 35.1 Å². The minimum atomic E-state index is 0. The van der Waals surface area contributed by atoms with Gasteiger partial charge >= 0.3 is 0 Å². The van der Waals surface area contributed by atoms with Crippen molar-refractivity contribution in [1.82, 2.24) is 10.6 Å². The second-order valence-corrected chi connectivity index (χ2v) is 6.86. The molecule has 0 aliphatic heterocycles.